The molecule has 1 aliphatic heterocycles. The van der Waals surface area contributed by atoms with Gasteiger partial charge in [0.25, 0.3) is 0 Å². The maximum absolute atomic E-state index is 13.0. The molecule has 0 atom stereocenters. The summed E-state index contributed by atoms with van der Waals surface area (Å²) in [7, 11) is -3.92. The van der Waals surface area contributed by atoms with E-state index in [2.05, 4.69) is 36.7 Å². The van der Waals surface area contributed by atoms with E-state index in [1.807, 2.05) is 4.90 Å². The summed E-state index contributed by atoms with van der Waals surface area (Å²) in [5.41, 5.74) is 0. The van der Waals surface area contributed by atoms with Crippen LogP contribution < -0.4 is 16.0 Å². The summed E-state index contributed by atoms with van der Waals surface area (Å²) in [5.74, 6) is 0.666. The molecule has 1 aliphatic rings. The number of carbonyl (C=O) groups excluding carboxylic acids is 4. The van der Waals surface area contributed by atoms with E-state index in [-0.39, 0.29) is 23.6 Å². The van der Waals surface area contributed by atoms with Crippen molar-refractivity contribution in [2.75, 3.05) is 58.7 Å². The van der Waals surface area contributed by atoms with E-state index in [1.54, 1.807) is 0 Å². The van der Waals surface area contributed by atoms with Gasteiger partial charge in [0.2, 0.25) is 23.6 Å². The molecule has 4 amide bonds. The molecule has 0 aromatic carbocycles. The summed E-state index contributed by atoms with van der Waals surface area (Å²) in [4.78, 5) is 53.4. The highest BCUT2D eigenvalue weighted by molar-refractivity contribution is 7.84. The topological polar surface area (TPSA) is 165 Å². The summed E-state index contributed by atoms with van der Waals surface area (Å²) in [6, 6.07) is 0. The minimum absolute atomic E-state index is 0.146. The molecule has 0 aromatic heterocycles. The third-order valence-electron chi connectivity index (χ3n) is 13.3. The van der Waals surface area contributed by atoms with E-state index < -0.39 is 10.1 Å². The molecule has 1 heterocycles. The fourth-order valence-electron chi connectivity index (χ4n) is 9.27. The van der Waals surface area contributed by atoms with Crippen LogP contribution in [-0.4, -0.2) is 105 Å². The number of hydrogen-bond acceptors (Lipinski definition) is 7. The zero-order chi connectivity index (χ0) is 49.5. The molecule has 0 unspecified atom stereocenters. The number of amides is 4. The second-order valence-electron chi connectivity index (χ2n) is 20.0. The van der Waals surface area contributed by atoms with Gasteiger partial charge >= 0.3 is 0 Å². The summed E-state index contributed by atoms with van der Waals surface area (Å²) in [5, 5.41) is 9.60. The molecule has 0 aliphatic carbocycles. The lowest BCUT2D eigenvalue weighted by molar-refractivity contribution is -0.936. The van der Waals surface area contributed by atoms with Gasteiger partial charge in [0.05, 0.1) is 29.8 Å². The van der Waals surface area contributed by atoms with Crippen LogP contribution in [0.4, 0.5) is 0 Å². The van der Waals surface area contributed by atoms with Gasteiger partial charge in [0, 0.05) is 77.4 Å². The number of nitrogens with one attached hydrogen (secondary N) is 3. The second-order valence-corrected chi connectivity index (χ2v) is 21.4. The third kappa shape index (κ3) is 45.9. The van der Waals surface area contributed by atoms with Gasteiger partial charge in [-0.1, -0.05) is 194 Å². The standard InChI is InChI=1S/C53H103N5O4.CH4O3S/c1-4-7-10-13-16-19-22-25-28-31-38-50(59)54-42-35-46-58(49-57-45-34-41-53(57)62,47-36-43-55-51(60)39-32-29-26-23-20-17-14-11-8-5-2)48-37-44-56-52(61)40-33-30-27-24-21-18-15-12-9-6-3;1-5(2,3)4/h4-49H2,1-3H3,(H2-,54,55,56,59,60,61);1H3,(H,2,3,4). The van der Waals surface area contributed by atoms with Gasteiger partial charge in [0.1, 0.15) is 0 Å². The second kappa shape index (κ2) is 46.2. The molecule has 12 nitrogen and oxygen atoms in total. The van der Waals surface area contributed by atoms with Gasteiger partial charge in [-0.05, 0) is 25.7 Å². The first-order valence-electron chi connectivity index (χ1n) is 28.2. The number of unbranched alkanes of at least 4 members (excludes halogenated alkanes) is 27. The molecule has 0 aromatic rings. The SMILES string of the molecule is CCCCCCCCCCCCC(=O)NCCC[N+](CCCNC(=O)CCCCCCCCCCCC)(CCCNC(=O)CCCCCCCCCCCC)CN1CCCC1=O.CS(=O)(=O)[O-]. The normalized spacial score (nSPS) is 12.9. The number of quaternary nitrogens is 1. The van der Waals surface area contributed by atoms with Crippen LogP contribution in [0.1, 0.15) is 265 Å². The molecule has 67 heavy (non-hydrogen) atoms. The van der Waals surface area contributed by atoms with E-state index >= 15 is 0 Å². The van der Waals surface area contributed by atoms with Gasteiger partial charge < -0.3 is 25.0 Å². The third-order valence-corrected chi connectivity index (χ3v) is 13.3. The van der Waals surface area contributed by atoms with Crippen molar-refractivity contribution >= 4 is 33.7 Å². The van der Waals surface area contributed by atoms with E-state index in [1.165, 1.54) is 154 Å². The molecule has 0 bridgehead atoms. The Morgan fingerprint density at radius 2 is 0.731 bits per heavy atom. The minimum atomic E-state index is -3.92. The molecular weight excluding hydrogens is 863 g/mol. The number of nitrogens with zero attached hydrogens (tertiary/aromatic N) is 2. The molecule has 0 spiro atoms. The highest BCUT2D eigenvalue weighted by Crippen LogP contribution is 2.19. The molecule has 0 radical (unpaired) electrons. The van der Waals surface area contributed by atoms with Crippen LogP contribution in [0, 0.1) is 0 Å². The largest absolute Gasteiger partial charge is 0.748 e. The monoisotopic (exact) mass is 970 g/mol. The fraction of sp³-hybridized carbons (Fsp3) is 0.926. The Bertz CT molecular complexity index is 1190. The predicted molar refractivity (Wildman–Crippen MR) is 279 cm³/mol. The van der Waals surface area contributed by atoms with Gasteiger partial charge in [-0.15, -0.1) is 0 Å². The van der Waals surface area contributed by atoms with Gasteiger partial charge in [-0.25, -0.2) is 8.42 Å². The first-order valence-corrected chi connectivity index (χ1v) is 30.0. The molecule has 3 N–H and O–H groups in total. The number of hydrogen-bond donors (Lipinski definition) is 3. The van der Waals surface area contributed by atoms with Crippen molar-refractivity contribution in [1.82, 2.24) is 20.9 Å². The van der Waals surface area contributed by atoms with Crippen LogP contribution in [-0.2, 0) is 29.3 Å². The van der Waals surface area contributed by atoms with Crippen molar-refractivity contribution in [2.45, 2.75) is 265 Å². The van der Waals surface area contributed by atoms with Gasteiger partial charge in [0.15, 0.2) is 6.67 Å². The van der Waals surface area contributed by atoms with Crippen molar-refractivity contribution < 1.29 is 36.6 Å². The first-order chi connectivity index (χ1) is 32.4. The van der Waals surface area contributed by atoms with E-state index in [9.17, 15) is 19.2 Å². The van der Waals surface area contributed by atoms with E-state index in [0.717, 1.165) is 94.9 Å². The molecule has 1 rings (SSSR count). The Labute approximate surface area is 413 Å². The van der Waals surface area contributed by atoms with Crippen molar-refractivity contribution in [3.63, 3.8) is 0 Å². The molecule has 1 saturated heterocycles. The van der Waals surface area contributed by atoms with Crippen molar-refractivity contribution in [2.24, 2.45) is 0 Å². The van der Waals surface area contributed by atoms with Crippen molar-refractivity contribution in [3.8, 4) is 0 Å². The Balaban J connectivity index is 0.00000823. The zero-order valence-corrected chi connectivity index (χ0v) is 45.0. The Kier molecular flexibility index (Phi) is 44.6. The van der Waals surface area contributed by atoms with Crippen LogP contribution in [0.5, 0.6) is 0 Å². The average molecular weight is 971 g/mol. The van der Waals surface area contributed by atoms with Crippen molar-refractivity contribution in [1.29, 1.82) is 0 Å². The molecule has 1 fully saturated rings. The quantitative estimate of drug-likeness (QED) is 0.0310. The van der Waals surface area contributed by atoms with Crippen LogP contribution in [0.25, 0.3) is 0 Å². The predicted octanol–water partition coefficient (Wildman–Crippen LogP) is 12.0. The van der Waals surface area contributed by atoms with Gasteiger partial charge in [-0.3, -0.25) is 24.1 Å². The lowest BCUT2D eigenvalue weighted by atomic mass is 10.1. The lowest BCUT2D eigenvalue weighted by Crippen LogP contribution is -2.57. The number of carbonyl (C=O) groups is 4. The molecular formula is C54H107N5O7S. The van der Waals surface area contributed by atoms with Crippen LogP contribution in [0.2, 0.25) is 0 Å². The van der Waals surface area contributed by atoms with E-state index in [0.29, 0.717) is 58.2 Å². The maximum Gasteiger partial charge on any atom is 0.226 e. The highest BCUT2D eigenvalue weighted by Gasteiger charge is 2.33. The smallest absolute Gasteiger partial charge is 0.226 e. The summed E-state index contributed by atoms with van der Waals surface area (Å²) in [6.45, 7) is 12.7. The van der Waals surface area contributed by atoms with Crippen molar-refractivity contribution in [3.05, 3.63) is 0 Å². The first kappa shape index (κ1) is 64.8. The zero-order valence-electron chi connectivity index (χ0n) is 44.2. The molecule has 13 heteroatoms. The van der Waals surface area contributed by atoms with E-state index in [4.69, 9.17) is 13.0 Å². The maximum atomic E-state index is 13.0. The van der Waals surface area contributed by atoms with Crippen LogP contribution >= 0.6 is 0 Å². The summed E-state index contributed by atoms with van der Waals surface area (Å²) >= 11 is 0. The molecule has 0 saturated carbocycles. The fourth-order valence-corrected chi connectivity index (χ4v) is 9.27. The lowest BCUT2D eigenvalue weighted by Gasteiger charge is -2.41. The highest BCUT2D eigenvalue weighted by atomic mass is 32.2. The average Bonchev–Trinajstić information content (AvgIpc) is 3.69. The molecule has 396 valence electrons. The number of likely N-dealkylation sites (tertiary alicyclic amines) is 1. The van der Waals surface area contributed by atoms with Crippen LogP contribution in [0.15, 0.2) is 0 Å². The number of rotatable bonds is 47. The Morgan fingerprint density at radius 3 is 0.970 bits per heavy atom. The Morgan fingerprint density at radius 1 is 0.478 bits per heavy atom. The van der Waals surface area contributed by atoms with Gasteiger partial charge in [-0.2, -0.15) is 0 Å². The summed E-state index contributed by atoms with van der Waals surface area (Å²) < 4.78 is 28.0. The van der Waals surface area contributed by atoms with Crippen LogP contribution in [0.3, 0.4) is 0 Å². The Hall–Kier alpha value is -2.25. The summed E-state index contributed by atoms with van der Waals surface area (Å²) in [6.07, 6.45) is 44.2. The minimum Gasteiger partial charge on any atom is -0.748 e.